The number of aromatic nitrogens is 2. The molecular formula is C20H20ClN3O2. The van der Waals surface area contributed by atoms with Crippen LogP contribution < -0.4 is 5.32 Å². The summed E-state index contributed by atoms with van der Waals surface area (Å²) in [7, 11) is 0. The summed E-state index contributed by atoms with van der Waals surface area (Å²) in [6.07, 6.45) is 4.43. The van der Waals surface area contributed by atoms with Gasteiger partial charge < -0.3 is 9.73 Å². The minimum atomic E-state index is -0.113. The lowest BCUT2D eigenvalue weighted by Gasteiger charge is -2.09. The molecule has 134 valence electrons. The summed E-state index contributed by atoms with van der Waals surface area (Å²) in [5, 5.41) is 8.37. The number of amides is 1. The molecule has 5 nitrogen and oxygen atoms in total. The van der Waals surface area contributed by atoms with Crippen molar-refractivity contribution in [2.45, 2.75) is 38.6 Å². The second-order valence-electron chi connectivity index (χ2n) is 6.46. The smallest absolute Gasteiger partial charge is 0.255 e. The molecule has 1 aromatic carbocycles. The highest BCUT2D eigenvalue weighted by Crippen LogP contribution is 2.42. The molecule has 1 N–H and O–H groups in total. The summed E-state index contributed by atoms with van der Waals surface area (Å²) in [6.45, 7) is 2.39. The van der Waals surface area contributed by atoms with Gasteiger partial charge in [-0.15, -0.1) is 0 Å². The molecule has 3 aromatic rings. The minimum absolute atomic E-state index is 0.113. The van der Waals surface area contributed by atoms with Crippen LogP contribution in [-0.2, 0) is 13.0 Å². The van der Waals surface area contributed by atoms with Gasteiger partial charge in [0, 0.05) is 5.92 Å². The number of furan rings is 1. The highest BCUT2D eigenvalue weighted by atomic mass is 35.5. The van der Waals surface area contributed by atoms with Crippen LogP contribution in [0.5, 0.6) is 0 Å². The van der Waals surface area contributed by atoms with Gasteiger partial charge in [0.1, 0.15) is 5.76 Å². The summed E-state index contributed by atoms with van der Waals surface area (Å²) >= 11 is 6.38. The SMILES string of the molecule is CCc1c(C(=O)NCc2ccco2)c(C2CC2)nn1-c1ccccc1Cl. The van der Waals surface area contributed by atoms with E-state index in [-0.39, 0.29) is 5.91 Å². The normalized spacial score (nSPS) is 13.8. The molecule has 0 aliphatic heterocycles. The number of nitrogens with zero attached hydrogens (tertiary/aromatic N) is 2. The van der Waals surface area contributed by atoms with Crippen molar-refractivity contribution in [1.82, 2.24) is 15.1 Å². The molecule has 1 amide bonds. The molecule has 1 fully saturated rings. The molecule has 1 saturated carbocycles. The van der Waals surface area contributed by atoms with Crippen molar-refractivity contribution in [3.63, 3.8) is 0 Å². The van der Waals surface area contributed by atoms with Crippen molar-refractivity contribution in [3.05, 3.63) is 70.4 Å². The number of halogens is 1. The molecule has 26 heavy (non-hydrogen) atoms. The van der Waals surface area contributed by atoms with Gasteiger partial charge in [0.15, 0.2) is 0 Å². The van der Waals surface area contributed by atoms with Crippen LogP contribution >= 0.6 is 11.6 Å². The number of rotatable bonds is 6. The lowest BCUT2D eigenvalue weighted by Crippen LogP contribution is -2.24. The summed E-state index contributed by atoms with van der Waals surface area (Å²) in [6, 6.07) is 11.2. The number of nitrogens with one attached hydrogen (secondary N) is 1. The first-order chi connectivity index (χ1) is 12.7. The predicted molar refractivity (Wildman–Crippen MR) is 99.8 cm³/mol. The maximum Gasteiger partial charge on any atom is 0.255 e. The van der Waals surface area contributed by atoms with Crippen LogP contribution in [0.2, 0.25) is 5.02 Å². The number of hydrogen-bond donors (Lipinski definition) is 1. The Morgan fingerprint density at radius 2 is 2.12 bits per heavy atom. The summed E-state index contributed by atoms with van der Waals surface area (Å²) in [5.41, 5.74) is 3.25. The number of benzene rings is 1. The predicted octanol–water partition coefficient (Wildman–Crippen LogP) is 4.49. The number of carbonyl (C=O) groups excluding carboxylic acids is 1. The maximum atomic E-state index is 13.0. The fourth-order valence-electron chi connectivity index (χ4n) is 3.18. The van der Waals surface area contributed by atoms with Crippen molar-refractivity contribution >= 4 is 17.5 Å². The molecule has 0 spiro atoms. The third-order valence-electron chi connectivity index (χ3n) is 4.62. The first kappa shape index (κ1) is 16.9. The summed E-state index contributed by atoms with van der Waals surface area (Å²) in [5.74, 6) is 0.967. The van der Waals surface area contributed by atoms with Gasteiger partial charge >= 0.3 is 0 Å². The van der Waals surface area contributed by atoms with E-state index in [2.05, 4.69) is 5.32 Å². The Labute approximate surface area is 157 Å². The van der Waals surface area contributed by atoms with E-state index < -0.39 is 0 Å². The van der Waals surface area contributed by atoms with Gasteiger partial charge in [0.25, 0.3) is 5.91 Å². The fourth-order valence-corrected chi connectivity index (χ4v) is 3.40. The van der Waals surface area contributed by atoms with Gasteiger partial charge in [-0.25, -0.2) is 4.68 Å². The van der Waals surface area contributed by atoms with Gasteiger partial charge in [-0.1, -0.05) is 30.7 Å². The molecule has 1 aliphatic carbocycles. The molecule has 2 heterocycles. The molecule has 2 aromatic heterocycles. The Balaban J connectivity index is 1.73. The van der Waals surface area contributed by atoms with E-state index >= 15 is 0 Å². The standard InChI is InChI=1S/C20H20ClN3O2/c1-2-16-18(20(25)22-12-14-6-5-11-26-14)19(13-9-10-13)23-24(16)17-8-4-3-7-15(17)21/h3-8,11,13H,2,9-10,12H2,1H3,(H,22,25). The summed E-state index contributed by atoms with van der Waals surface area (Å²) < 4.78 is 7.13. The Bertz CT molecular complexity index is 927. The Kier molecular flexibility index (Phi) is 4.55. The first-order valence-electron chi connectivity index (χ1n) is 8.86. The maximum absolute atomic E-state index is 13.0. The van der Waals surface area contributed by atoms with Crippen LogP contribution in [0.15, 0.2) is 47.1 Å². The van der Waals surface area contributed by atoms with E-state index in [1.807, 2.05) is 48.0 Å². The largest absolute Gasteiger partial charge is 0.467 e. The van der Waals surface area contributed by atoms with Gasteiger partial charge in [-0.3, -0.25) is 4.79 Å². The van der Waals surface area contributed by atoms with E-state index in [1.165, 1.54) is 0 Å². The molecule has 4 rings (SSSR count). The van der Waals surface area contributed by atoms with Crippen LogP contribution in [0.25, 0.3) is 5.69 Å². The van der Waals surface area contributed by atoms with Gasteiger partial charge in [0.2, 0.25) is 0 Å². The van der Waals surface area contributed by atoms with Crippen LogP contribution in [0.3, 0.4) is 0 Å². The Morgan fingerprint density at radius 3 is 2.77 bits per heavy atom. The third kappa shape index (κ3) is 3.15. The average Bonchev–Trinajstić information content (AvgIpc) is 3.22. The van der Waals surface area contributed by atoms with E-state index in [4.69, 9.17) is 21.1 Å². The van der Waals surface area contributed by atoms with E-state index in [0.717, 1.165) is 35.7 Å². The number of carbonyl (C=O) groups is 1. The molecule has 6 heteroatoms. The Hall–Kier alpha value is -2.53. The zero-order valence-corrected chi connectivity index (χ0v) is 15.3. The molecule has 0 saturated heterocycles. The van der Waals surface area contributed by atoms with Crippen molar-refractivity contribution in [1.29, 1.82) is 0 Å². The lowest BCUT2D eigenvalue weighted by atomic mass is 10.1. The van der Waals surface area contributed by atoms with Gasteiger partial charge in [0.05, 0.1) is 40.5 Å². The molecule has 0 radical (unpaired) electrons. The fraction of sp³-hybridized carbons (Fsp3) is 0.300. The third-order valence-corrected chi connectivity index (χ3v) is 4.94. The molecular weight excluding hydrogens is 350 g/mol. The topological polar surface area (TPSA) is 60.1 Å². The molecule has 1 aliphatic rings. The van der Waals surface area contributed by atoms with Crippen molar-refractivity contribution in [2.24, 2.45) is 0 Å². The van der Waals surface area contributed by atoms with Crippen molar-refractivity contribution < 1.29 is 9.21 Å². The van der Waals surface area contributed by atoms with E-state index in [0.29, 0.717) is 29.5 Å². The summed E-state index contributed by atoms with van der Waals surface area (Å²) in [4.78, 5) is 13.0. The first-order valence-corrected chi connectivity index (χ1v) is 9.24. The van der Waals surface area contributed by atoms with Crippen molar-refractivity contribution in [2.75, 3.05) is 0 Å². The Morgan fingerprint density at radius 1 is 1.31 bits per heavy atom. The van der Waals surface area contributed by atoms with E-state index in [9.17, 15) is 4.79 Å². The molecule has 0 bridgehead atoms. The second kappa shape index (κ2) is 7.00. The highest BCUT2D eigenvalue weighted by Gasteiger charge is 2.34. The van der Waals surface area contributed by atoms with Crippen LogP contribution in [0.4, 0.5) is 0 Å². The monoisotopic (exact) mass is 369 g/mol. The van der Waals surface area contributed by atoms with Crippen LogP contribution in [0.1, 0.15) is 53.2 Å². The van der Waals surface area contributed by atoms with Crippen LogP contribution in [0, 0.1) is 0 Å². The average molecular weight is 370 g/mol. The molecule has 0 unspecified atom stereocenters. The second-order valence-corrected chi connectivity index (χ2v) is 6.87. The van der Waals surface area contributed by atoms with Gasteiger partial charge in [-0.2, -0.15) is 5.10 Å². The zero-order chi connectivity index (χ0) is 18.1. The van der Waals surface area contributed by atoms with E-state index in [1.54, 1.807) is 6.26 Å². The lowest BCUT2D eigenvalue weighted by molar-refractivity contribution is 0.0946. The molecule has 0 atom stereocenters. The zero-order valence-electron chi connectivity index (χ0n) is 14.5. The quantitative estimate of drug-likeness (QED) is 0.696. The van der Waals surface area contributed by atoms with Crippen molar-refractivity contribution in [3.8, 4) is 5.69 Å². The highest BCUT2D eigenvalue weighted by molar-refractivity contribution is 6.32. The van der Waals surface area contributed by atoms with Crippen LogP contribution in [-0.4, -0.2) is 15.7 Å². The number of hydrogen-bond acceptors (Lipinski definition) is 3. The minimum Gasteiger partial charge on any atom is -0.467 e. The van der Waals surface area contributed by atoms with Gasteiger partial charge in [-0.05, 0) is 43.5 Å². The number of para-hydroxylation sites is 1.